The SMILES string of the molecule is COc1cc([C@H]2CC(=O)c3c(C)cc4oc(=O)c(C)c(C)c4c3O2)cc2c1OCCO2. The summed E-state index contributed by atoms with van der Waals surface area (Å²) in [6.45, 7) is 6.26. The fraction of sp³-hybridized carbons (Fsp3) is 0.333. The molecule has 2 aliphatic rings. The van der Waals surface area contributed by atoms with E-state index in [1.54, 1.807) is 20.1 Å². The number of aryl methyl sites for hydroxylation is 2. The second kappa shape index (κ2) is 7.04. The number of carbonyl (C=O) groups is 1. The van der Waals surface area contributed by atoms with Gasteiger partial charge in [-0.15, -0.1) is 0 Å². The third kappa shape index (κ3) is 2.95. The summed E-state index contributed by atoms with van der Waals surface area (Å²) in [4.78, 5) is 25.4. The molecular formula is C24H22O7. The van der Waals surface area contributed by atoms with Crippen molar-refractivity contribution in [2.24, 2.45) is 0 Å². The number of methoxy groups -OCH3 is 1. The van der Waals surface area contributed by atoms with Crippen LogP contribution in [-0.2, 0) is 0 Å². The minimum atomic E-state index is -0.540. The topological polar surface area (TPSA) is 84.2 Å². The molecular weight excluding hydrogens is 400 g/mol. The van der Waals surface area contributed by atoms with Crippen LogP contribution in [0.15, 0.2) is 27.4 Å². The Morgan fingerprint density at radius 2 is 1.74 bits per heavy atom. The second-order valence-electron chi connectivity index (χ2n) is 7.89. The van der Waals surface area contributed by atoms with Crippen molar-refractivity contribution >= 4 is 16.8 Å². The molecule has 0 amide bonds. The van der Waals surface area contributed by atoms with E-state index in [4.69, 9.17) is 23.4 Å². The van der Waals surface area contributed by atoms with Crippen molar-refractivity contribution in [3.8, 4) is 23.0 Å². The number of rotatable bonds is 2. The number of Topliss-reactive ketones (excluding diaryl/α,β-unsaturated/α-hetero) is 1. The molecule has 0 radical (unpaired) electrons. The van der Waals surface area contributed by atoms with Crippen molar-refractivity contribution < 1.29 is 28.2 Å². The Bertz CT molecular complexity index is 1280. The van der Waals surface area contributed by atoms with E-state index >= 15 is 0 Å². The number of benzene rings is 2. The van der Waals surface area contributed by atoms with Crippen LogP contribution in [0.25, 0.3) is 11.0 Å². The summed E-state index contributed by atoms with van der Waals surface area (Å²) >= 11 is 0. The molecule has 0 N–H and O–H groups in total. The Labute approximate surface area is 178 Å². The van der Waals surface area contributed by atoms with Gasteiger partial charge in [0.15, 0.2) is 17.3 Å². The third-order valence-electron chi connectivity index (χ3n) is 6.02. The molecule has 2 aliphatic heterocycles. The molecule has 5 rings (SSSR count). The molecule has 31 heavy (non-hydrogen) atoms. The zero-order chi connectivity index (χ0) is 21.9. The minimum Gasteiger partial charge on any atom is -0.493 e. The van der Waals surface area contributed by atoms with Crippen molar-refractivity contribution in [1.82, 2.24) is 0 Å². The van der Waals surface area contributed by atoms with E-state index in [9.17, 15) is 9.59 Å². The third-order valence-corrected chi connectivity index (χ3v) is 6.02. The Morgan fingerprint density at radius 3 is 2.52 bits per heavy atom. The molecule has 0 bridgehead atoms. The van der Waals surface area contributed by atoms with E-state index in [-0.39, 0.29) is 17.8 Å². The van der Waals surface area contributed by atoms with Gasteiger partial charge in [0.1, 0.15) is 30.7 Å². The van der Waals surface area contributed by atoms with Gasteiger partial charge < -0.3 is 23.4 Å². The van der Waals surface area contributed by atoms with E-state index < -0.39 is 6.10 Å². The van der Waals surface area contributed by atoms with E-state index in [0.717, 1.165) is 16.7 Å². The van der Waals surface area contributed by atoms with Gasteiger partial charge in [-0.05, 0) is 50.1 Å². The van der Waals surface area contributed by atoms with Gasteiger partial charge in [-0.25, -0.2) is 4.79 Å². The highest BCUT2D eigenvalue weighted by atomic mass is 16.6. The zero-order valence-electron chi connectivity index (χ0n) is 17.8. The first-order valence-electron chi connectivity index (χ1n) is 10.1. The van der Waals surface area contributed by atoms with Crippen LogP contribution in [0.2, 0.25) is 0 Å². The van der Waals surface area contributed by atoms with Gasteiger partial charge in [-0.2, -0.15) is 0 Å². The van der Waals surface area contributed by atoms with Crippen LogP contribution in [0, 0.1) is 20.8 Å². The quantitative estimate of drug-likeness (QED) is 0.572. The molecule has 0 unspecified atom stereocenters. The van der Waals surface area contributed by atoms with E-state index in [1.165, 1.54) is 0 Å². The van der Waals surface area contributed by atoms with E-state index in [2.05, 4.69) is 0 Å². The molecule has 0 spiro atoms. The van der Waals surface area contributed by atoms with Crippen LogP contribution < -0.4 is 24.6 Å². The van der Waals surface area contributed by atoms with Crippen LogP contribution in [0.3, 0.4) is 0 Å². The highest BCUT2D eigenvalue weighted by Crippen LogP contribution is 2.46. The van der Waals surface area contributed by atoms with Crippen LogP contribution in [0.4, 0.5) is 0 Å². The molecule has 7 heteroatoms. The van der Waals surface area contributed by atoms with Crippen molar-refractivity contribution in [1.29, 1.82) is 0 Å². The summed E-state index contributed by atoms with van der Waals surface area (Å²) in [5.74, 6) is 2.07. The van der Waals surface area contributed by atoms with Gasteiger partial charge in [0, 0.05) is 11.1 Å². The Balaban J connectivity index is 1.69. The average molecular weight is 422 g/mol. The number of hydrogen-bond acceptors (Lipinski definition) is 7. The minimum absolute atomic E-state index is 0.0252. The van der Waals surface area contributed by atoms with Gasteiger partial charge >= 0.3 is 5.63 Å². The van der Waals surface area contributed by atoms with Gasteiger partial charge in [0.25, 0.3) is 0 Å². The van der Waals surface area contributed by atoms with Crippen LogP contribution in [0.5, 0.6) is 23.0 Å². The molecule has 2 aromatic carbocycles. The molecule has 0 saturated heterocycles. The largest absolute Gasteiger partial charge is 0.493 e. The van der Waals surface area contributed by atoms with Crippen molar-refractivity contribution in [3.63, 3.8) is 0 Å². The summed E-state index contributed by atoms with van der Waals surface area (Å²) in [6.07, 6.45) is -0.363. The lowest BCUT2D eigenvalue weighted by atomic mass is 9.90. The van der Waals surface area contributed by atoms with Gasteiger partial charge in [-0.1, -0.05) is 0 Å². The zero-order valence-corrected chi connectivity index (χ0v) is 17.8. The van der Waals surface area contributed by atoms with E-state index in [0.29, 0.717) is 58.3 Å². The first kappa shape index (κ1) is 19.5. The predicted molar refractivity (Wildman–Crippen MR) is 113 cm³/mol. The van der Waals surface area contributed by atoms with Crippen LogP contribution in [0.1, 0.15) is 45.1 Å². The first-order chi connectivity index (χ1) is 14.9. The molecule has 160 valence electrons. The summed E-state index contributed by atoms with van der Waals surface area (Å²) < 4.78 is 28.8. The normalized spacial score (nSPS) is 17.3. The van der Waals surface area contributed by atoms with Crippen molar-refractivity contribution in [3.05, 3.63) is 56.4 Å². The molecule has 7 nitrogen and oxygen atoms in total. The number of ether oxygens (including phenoxy) is 4. The Hall–Kier alpha value is -3.48. The fourth-order valence-electron chi connectivity index (χ4n) is 4.29. The fourth-order valence-corrected chi connectivity index (χ4v) is 4.29. The van der Waals surface area contributed by atoms with Crippen molar-refractivity contribution in [2.75, 3.05) is 20.3 Å². The van der Waals surface area contributed by atoms with Gasteiger partial charge in [0.05, 0.1) is 24.5 Å². The maximum atomic E-state index is 13.2. The maximum Gasteiger partial charge on any atom is 0.339 e. The average Bonchev–Trinajstić information content (AvgIpc) is 2.76. The Morgan fingerprint density at radius 1 is 0.968 bits per heavy atom. The number of hydrogen-bond donors (Lipinski definition) is 0. The molecule has 3 aromatic rings. The van der Waals surface area contributed by atoms with Crippen molar-refractivity contribution in [2.45, 2.75) is 33.3 Å². The second-order valence-corrected chi connectivity index (χ2v) is 7.89. The smallest absolute Gasteiger partial charge is 0.339 e. The molecule has 1 aromatic heterocycles. The van der Waals surface area contributed by atoms with E-state index in [1.807, 2.05) is 26.0 Å². The lowest BCUT2D eigenvalue weighted by Crippen LogP contribution is -2.23. The highest BCUT2D eigenvalue weighted by molar-refractivity contribution is 6.07. The van der Waals surface area contributed by atoms with Gasteiger partial charge in [0.2, 0.25) is 5.75 Å². The van der Waals surface area contributed by atoms with Crippen LogP contribution in [-0.4, -0.2) is 26.1 Å². The number of fused-ring (bicyclic) bond motifs is 4. The number of ketones is 1. The lowest BCUT2D eigenvalue weighted by Gasteiger charge is -2.29. The highest BCUT2D eigenvalue weighted by Gasteiger charge is 2.33. The Kier molecular flexibility index (Phi) is 4.43. The summed E-state index contributed by atoms with van der Waals surface area (Å²) in [5.41, 5.74) is 3.27. The van der Waals surface area contributed by atoms with Gasteiger partial charge in [-0.3, -0.25) is 4.79 Å². The monoisotopic (exact) mass is 422 g/mol. The maximum absolute atomic E-state index is 13.2. The molecule has 0 fully saturated rings. The molecule has 3 heterocycles. The summed E-state index contributed by atoms with van der Waals surface area (Å²) in [6, 6.07) is 5.37. The summed E-state index contributed by atoms with van der Waals surface area (Å²) in [7, 11) is 1.56. The molecule has 0 aliphatic carbocycles. The van der Waals surface area contributed by atoms with Crippen LogP contribution >= 0.6 is 0 Å². The number of carbonyl (C=O) groups excluding carboxylic acids is 1. The first-order valence-corrected chi connectivity index (χ1v) is 10.1. The summed E-state index contributed by atoms with van der Waals surface area (Å²) in [5, 5.41) is 0.653. The standard InChI is InChI=1S/C24H22O7/c1-11-7-17-21(12(2)13(3)24(26)31-17)23-20(11)15(25)10-16(30-23)14-8-18(27-4)22-19(9-14)28-5-6-29-22/h7-9,16H,5-6,10H2,1-4H3/t16-/m1/s1. The lowest BCUT2D eigenvalue weighted by molar-refractivity contribution is 0.0850. The molecule has 1 atom stereocenters. The molecule has 0 saturated carbocycles. The predicted octanol–water partition coefficient (Wildman–Crippen LogP) is 4.20.